The maximum atomic E-state index is 12.7. The highest BCUT2D eigenvalue weighted by Crippen LogP contribution is 2.19. The summed E-state index contributed by atoms with van der Waals surface area (Å²) in [6.45, 7) is 1.48. The number of carbonyl (C=O) groups is 2. The minimum Gasteiger partial charge on any atom is -0.370 e. The zero-order valence-electron chi connectivity index (χ0n) is 14.9. The molecule has 0 saturated carbocycles. The molecule has 0 aliphatic carbocycles. The largest absolute Gasteiger partial charge is 0.370 e. The highest BCUT2D eigenvalue weighted by atomic mass is 16.2. The normalized spacial score (nSPS) is 17.6. The second-order valence-corrected chi connectivity index (χ2v) is 6.44. The maximum absolute atomic E-state index is 12.7. The van der Waals surface area contributed by atoms with Gasteiger partial charge in [0.2, 0.25) is 11.8 Å². The Morgan fingerprint density at radius 3 is 2.69 bits per heavy atom. The van der Waals surface area contributed by atoms with Crippen LogP contribution in [0.1, 0.15) is 24.8 Å². The number of rotatable bonds is 8. The van der Waals surface area contributed by atoms with Crippen LogP contribution in [0.25, 0.3) is 0 Å². The first-order valence-corrected chi connectivity index (χ1v) is 8.92. The number of amides is 2. The molecule has 1 aliphatic rings. The summed E-state index contributed by atoms with van der Waals surface area (Å²) in [5, 5.41) is 2.85. The van der Waals surface area contributed by atoms with Crippen molar-refractivity contribution in [1.29, 1.82) is 0 Å². The van der Waals surface area contributed by atoms with Gasteiger partial charge in [-0.3, -0.25) is 14.6 Å². The number of nitrogens with zero attached hydrogens (tertiary/aromatic N) is 2. The van der Waals surface area contributed by atoms with Gasteiger partial charge in [-0.25, -0.2) is 0 Å². The van der Waals surface area contributed by atoms with Crippen molar-refractivity contribution >= 4 is 17.8 Å². The summed E-state index contributed by atoms with van der Waals surface area (Å²) in [4.78, 5) is 30.6. The molecule has 1 saturated heterocycles. The molecule has 2 atom stereocenters. The van der Waals surface area contributed by atoms with Gasteiger partial charge in [0.25, 0.3) is 0 Å². The molecule has 8 heteroatoms. The molecule has 1 aromatic carbocycles. The van der Waals surface area contributed by atoms with Gasteiger partial charge in [-0.05, 0) is 31.2 Å². The van der Waals surface area contributed by atoms with Crippen molar-refractivity contribution in [3.05, 3.63) is 35.9 Å². The fraction of sp³-hybridized carbons (Fsp3) is 0.500. The second-order valence-electron chi connectivity index (χ2n) is 6.44. The van der Waals surface area contributed by atoms with Crippen LogP contribution in [0.5, 0.6) is 0 Å². The zero-order valence-corrected chi connectivity index (χ0v) is 14.9. The van der Waals surface area contributed by atoms with E-state index in [2.05, 4.69) is 10.3 Å². The van der Waals surface area contributed by atoms with Gasteiger partial charge in [-0.1, -0.05) is 30.3 Å². The highest BCUT2D eigenvalue weighted by molar-refractivity contribution is 5.90. The summed E-state index contributed by atoms with van der Waals surface area (Å²) >= 11 is 0. The van der Waals surface area contributed by atoms with Gasteiger partial charge in [0.1, 0.15) is 6.04 Å². The van der Waals surface area contributed by atoms with Crippen molar-refractivity contribution in [2.24, 2.45) is 22.2 Å². The van der Waals surface area contributed by atoms with Gasteiger partial charge < -0.3 is 27.4 Å². The molecular formula is C18H28N6O2. The third-order valence-corrected chi connectivity index (χ3v) is 4.38. The average molecular weight is 360 g/mol. The maximum Gasteiger partial charge on any atom is 0.242 e. The van der Waals surface area contributed by atoms with Crippen LogP contribution in [0.2, 0.25) is 0 Å². The van der Waals surface area contributed by atoms with E-state index >= 15 is 0 Å². The van der Waals surface area contributed by atoms with E-state index in [0.29, 0.717) is 38.9 Å². The van der Waals surface area contributed by atoms with E-state index in [1.165, 1.54) is 0 Å². The molecule has 142 valence electrons. The predicted molar refractivity (Wildman–Crippen MR) is 101 cm³/mol. The number of guanidine groups is 1. The molecule has 0 bridgehead atoms. The number of aliphatic imine (C=N–C) groups is 1. The zero-order chi connectivity index (χ0) is 18.9. The van der Waals surface area contributed by atoms with Crippen molar-refractivity contribution in [3.63, 3.8) is 0 Å². The topological polar surface area (TPSA) is 140 Å². The first-order valence-electron chi connectivity index (χ1n) is 8.92. The predicted octanol–water partition coefficient (Wildman–Crippen LogP) is -0.673. The van der Waals surface area contributed by atoms with Gasteiger partial charge in [-0.15, -0.1) is 0 Å². The molecule has 0 unspecified atom stereocenters. The number of nitrogens with two attached hydrogens (primary N) is 3. The highest BCUT2D eigenvalue weighted by Gasteiger charge is 2.35. The third-order valence-electron chi connectivity index (χ3n) is 4.38. The lowest BCUT2D eigenvalue weighted by Crippen LogP contribution is -2.51. The number of likely N-dealkylation sites (tertiary alicyclic amines) is 1. The second kappa shape index (κ2) is 9.76. The molecule has 0 aromatic heterocycles. The Morgan fingerprint density at radius 1 is 1.27 bits per heavy atom. The quantitative estimate of drug-likeness (QED) is 0.276. The summed E-state index contributed by atoms with van der Waals surface area (Å²) in [5.41, 5.74) is 17.6. The smallest absolute Gasteiger partial charge is 0.242 e. The lowest BCUT2D eigenvalue weighted by molar-refractivity contribution is -0.139. The van der Waals surface area contributed by atoms with Gasteiger partial charge in [0.05, 0.1) is 6.04 Å². The van der Waals surface area contributed by atoms with Crippen molar-refractivity contribution in [1.82, 2.24) is 10.2 Å². The Labute approximate surface area is 153 Å². The third kappa shape index (κ3) is 5.73. The van der Waals surface area contributed by atoms with Crippen molar-refractivity contribution in [2.45, 2.75) is 37.8 Å². The lowest BCUT2D eigenvalue weighted by atomic mass is 10.1. The first-order chi connectivity index (χ1) is 12.5. The van der Waals surface area contributed by atoms with E-state index in [0.717, 1.165) is 12.0 Å². The SMILES string of the molecule is NC(N)=NCCCNC(=O)[C@@H]1CCCN1C(=O)[C@H](N)Cc1ccccc1. The number of benzene rings is 1. The molecule has 0 radical (unpaired) electrons. The fourth-order valence-electron chi connectivity index (χ4n) is 3.09. The van der Waals surface area contributed by atoms with E-state index in [1.54, 1.807) is 4.90 Å². The molecule has 0 spiro atoms. The Bertz CT molecular complexity index is 630. The first kappa shape index (κ1) is 19.7. The number of nitrogens with one attached hydrogen (secondary N) is 1. The van der Waals surface area contributed by atoms with Crippen LogP contribution < -0.4 is 22.5 Å². The van der Waals surface area contributed by atoms with E-state index in [-0.39, 0.29) is 17.8 Å². The van der Waals surface area contributed by atoms with Gasteiger partial charge in [0, 0.05) is 19.6 Å². The van der Waals surface area contributed by atoms with Gasteiger partial charge >= 0.3 is 0 Å². The number of hydrogen-bond donors (Lipinski definition) is 4. The molecular weight excluding hydrogens is 332 g/mol. The van der Waals surface area contributed by atoms with Crippen molar-refractivity contribution in [2.75, 3.05) is 19.6 Å². The van der Waals surface area contributed by atoms with E-state index < -0.39 is 12.1 Å². The van der Waals surface area contributed by atoms with Crippen molar-refractivity contribution < 1.29 is 9.59 Å². The molecule has 1 aliphatic heterocycles. The molecule has 2 rings (SSSR count). The van der Waals surface area contributed by atoms with Crippen LogP contribution >= 0.6 is 0 Å². The molecule has 1 fully saturated rings. The standard InChI is InChI=1S/C18H28N6O2/c19-14(12-13-6-2-1-3-7-13)17(26)24-11-4-8-15(24)16(25)22-9-5-10-23-18(20)21/h1-3,6-7,14-15H,4-5,8-12,19H2,(H,22,25)(H4,20,21,23)/t14-,15+/m1/s1. The van der Waals surface area contributed by atoms with Crippen molar-refractivity contribution in [3.8, 4) is 0 Å². The molecule has 1 heterocycles. The van der Waals surface area contributed by atoms with Gasteiger partial charge in [-0.2, -0.15) is 0 Å². The number of hydrogen-bond acceptors (Lipinski definition) is 4. The van der Waals surface area contributed by atoms with E-state index in [9.17, 15) is 9.59 Å². The Balaban J connectivity index is 1.84. The molecule has 7 N–H and O–H groups in total. The summed E-state index contributed by atoms with van der Waals surface area (Å²) in [7, 11) is 0. The van der Waals surface area contributed by atoms with Crippen LogP contribution in [0.15, 0.2) is 35.3 Å². The van der Waals surface area contributed by atoms with Crippen LogP contribution in [0, 0.1) is 0 Å². The van der Waals surface area contributed by atoms with Crippen LogP contribution in [-0.2, 0) is 16.0 Å². The molecule has 8 nitrogen and oxygen atoms in total. The minimum atomic E-state index is -0.646. The Morgan fingerprint density at radius 2 is 2.00 bits per heavy atom. The summed E-state index contributed by atoms with van der Waals surface area (Å²) in [5.74, 6) is -0.282. The van der Waals surface area contributed by atoms with Crippen LogP contribution in [-0.4, -0.2) is 54.4 Å². The lowest BCUT2D eigenvalue weighted by Gasteiger charge is -2.26. The monoisotopic (exact) mass is 360 g/mol. The number of carbonyl (C=O) groups excluding carboxylic acids is 2. The Kier molecular flexibility index (Phi) is 7.40. The minimum absolute atomic E-state index is 0.0382. The molecule has 2 amide bonds. The van der Waals surface area contributed by atoms with E-state index in [4.69, 9.17) is 17.2 Å². The summed E-state index contributed by atoms with van der Waals surface area (Å²) < 4.78 is 0. The van der Waals surface area contributed by atoms with Crippen LogP contribution in [0.4, 0.5) is 0 Å². The molecule has 1 aromatic rings. The summed E-state index contributed by atoms with van der Waals surface area (Å²) in [6.07, 6.45) is 2.56. The van der Waals surface area contributed by atoms with E-state index in [1.807, 2.05) is 30.3 Å². The average Bonchev–Trinajstić information content (AvgIpc) is 3.11. The fourth-order valence-corrected chi connectivity index (χ4v) is 3.09. The molecule has 26 heavy (non-hydrogen) atoms. The van der Waals surface area contributed by atoms with Gasteiger partial charge in [0.15, 0.2) is 5.96 Å². The van der Waals surface area contributed by atoms with Crippen LogP contribution in [0.3, 0.4) is 0 Å². The summed E-state index contributed by atoms with van der Waals surface area (Å²) in [6, 6.07) is 8.54. The Hall–Kier alpha value is -2.61.